The normalized spacial score (nSPS) is 11.9. The molecule has 2 aromatic carbocycles. The van der Waals surface area contributed by atoms with E-state index in [9.17, 15) is 9.59 Å². The SMILES string of the molecule is CCCCc1ccc(NC(=O)C(=O)NCc2ccc3c(c2)OCO3)cc1. The fraction of sp³-hybridized carbons (Fsp3) is 0.300. The van der Waals surface area contributed by atoms with Gasteiger partial charge in [0.25, 0.3) is 0 Å². The number of hydrogen-bond donors (Lipinski definition) is 2. The third kappa shape index (κ3) is 4.53. The minimum absolute atomic E-state index is 0.199. The molecule has 0 saturated heterocycles. The Hall–Kier alpha value is -3.02. The molecule has 6 heteroatoms. The quantitative estimate of drug-likeness (QED) is 0.782. The van der Waals surface area contributed by atoms with Crippen molar-refractivity contribution in [3.8, 4) is 11.5 Å². The van der Waals surface area contributed by atoms with Crippen LogP contribution >= 0.6 is 0 Å². The van der Waals surface area contributed by atoms with Gasteiger partial charge in [-0.15, -0.1) is 0 Å². The van der Waals surface area contributed by atoms with Gasteiger partial charge in [-0.3, -0.25) is 9.59 Å². The van der Waals surface area contributed by atoms with Crippen LogP contribution in [0.4, 0.5) is 5.69 Å². The molecule has 2 N–H and O–H groups in total. The lowest BCUT2D eigenvalue weighted by Crippen LogP contribution is -2.34. The standard InChI is InChI=1S/C20H22N2O4/c1-2-3-4-14-5-8-16(9-6-14)22-20(24)19(23)21-12-15-7-10-17-18(11-15)26-13-25-17/h5-11H,2-4,12-13H2,1H3,(H,21,23)(H,22,24). The van der Waals surface area contributed by atoms with Crippen LogP contribution in [0.15, 0.2) is 42.5 Å². The van der Waals surface area contributed by atoms with Gasteiger partial charge in [-0.25, -0.2) is 0 Å². The van der Waals surface area contributed by atoms with Gasteiger partial charge in [0.15, 0.2) is 11.5 Å². The first kappa shape index (κ1) is 17.8. The minimum Gasteiger partial charge on any atom is -0.454 e. The molecule has 6 nitrogen and oxygen atoms in total. The largest absolute Gasteiger partial charge is 0.454 e. The number of benzene rings is 2. The molecular formula is C20H22N2O4. The fourth-order valence-electron chi connectivity index (χ4n) is 2.64. The summed E-state index contributed by atoms with van der Waals surface area (Å²) in [5.41, 5.74) is 2.65. The maximum Gasteiger partial charge on any atom is 0.313 e. The van der Waals surface area contributed by atoms with Crippen molar-refractivity contribution in [2.45, 2.75) is 32.7 Å². The average molecular weight is 354 g/mol. The summed E-state index contributed by atoms with van der Waals surface area (Å²) >= 11 is 0. The first-order valence-electron chi connectivity index (χ1n) is 8.72. The Kier molecular flexibility index (Phi) is 5.73. The molecule has 3 rings (SSSR count). The van der Waals surface area contributed by atoms with Crippen LogP contribution in [0.5, 0.6) is 11.5 Å². The van der Waals surface area contributed by atoms with Gasteiger partial charge >= 0.3 is 11.8 Å². The first-order valence-corrected chi connectivity index (χ1v) is 8.72. The minimum atomic E-state index is -0.688. The smallest absolute Gasteiger partial charge is 0.313 e. The molecule has 0 atom stereocenters. The van der Waals surface area contributed by atoms with Crippen LogP contribution < -0.4 is 20.1 Å². The molecule has 136 valence electrons. The molecule has 0 aliphatic carbocycles. The number of anilines is 1. The van der Waals surface area contributed by atoms with Crippen LogP contribution in [-0.4, -0.2) is 18.6 Å². The summed E-state index contributed by atoms with van der Waals surface area (Å²) in [6.07, 6.45) is 3.29. The Morgan fingerprint density at radius 2 is 1.69 bits per heavy atom. The van der Waals surface area contributed by atoms with Crippen molar-refractivity contribution in [2.24, 2.45) is 0 Å². The molecule has 1 aliphatic heterocycles. The molecule has 0 saturated carbocycles. The van der Waals surface area contributed by atoms with E-state index in [0.29, 0.717) is 17.2 Å². The molecule has 0 bridgehead atoms. The van der Waals surface area contributed by atoms with Gasteiger partial charge in [-0.05, 0) is 48.2 Å². The predicted octanol–water partition coefficient (Wildman–Crippen LogP) is 3.01. The second-order valence-corrected chi connectivity index (χ2v) is 6.12. The van der Waals surface area contributed by atoms with Crippen LogP contribution in [0, 0.1) is 0 Å². The summed E-state index contributed by atoms with van der Waals surface area (Å²) in [5.74, 6) is -0.0469. The zero-order valence-electron chi connectivity index (χ0n) is 14.7. The van der Waals surface area contributed by atoms with E-state index in [0.717, 1.165) is 24.8 Å². The van der Waals surface area contributed by atoms with Crippen molar-refractivity contribution < 1.29 is 19.1 Å². The fourth-order valence-corrected chi connectivity index (χ4v) is 2.64. The highest BCUT2D eigenvalue weighted by molar-refractivity contribution is 6.39. The molecule has 1 aliphatic rings. The number of rotatable bonds is 6. The van der Waals surface area contributed by atoms with Crippen LogP contribution in [-0.2, 0) is 22.6 Å². The van der Waals surface area contributed by atoms with Crippen LogP contribution in [0.1, 0.15) is 30.9 Å². The van der Waals surface area contributed by atoms with Crippen LogP contribution in [0.3, 0.4) is 0 Å². The summed E-state index contributed by atoms with van der Waals surface area (Å²) in [4.78, 5) is 24.0. The Bertz CT molecular complexity index is 787. The number of hydrogen-bond acceptors (Lipinski definition) is 4. The van der Waals surface area contributed by atoms with Crippen molar-refractivity contribution in [1.29, 1.82) is 0 Å². The highest BCUT2D eigenvalue weighted by Gasteiger charge is 2.16. The molecular weight excluding hydrogens is 332 g/mol. The highest BCUT2D eigenvalue weighted by atomic mass is 16.7. The van der Waals surface area contributed by atoms with Gasteiger partial charge < -0.3 is 20.1 Å². The third-order valence-electron chi connectivity index (χ3n) is 4.13. The second kappa shape index (κ2) is 8.38. The number of ether oxygens (including phenoxy) is 2. The number of unbranched alkanes of at least 4 members (excludes halogenated alkanes) is 1. The average Bonchev–Trinajstić information content (AvgIpc) is 3.13. The maximum absolute atomic E-state index is 12.0. The van der Waals surface area contributed by atoms with Crippen molar-refractivity contribution in [3.05, 3.63) is 53.6 Å². The van der Waals surface area contributed by atoms with Crippen molar-refractivity contribution in [1.82, 2.24) is 5.32 Å². The summed E-state index contributed by atoms with van der Waals surface area (Å²) in [6.45, 7) is 2.58. The van der Waals surface area contributed by atoms with Gasteiger partial charge in [0, 0.05) is 12.2 Å². The summed E-state index contributed by atoms with van der Waals surface area (Å²) in [7, 11) is 0. The topological polar surface area (TPSA) is 76.7 Å². The molecule has 26 heavy (non-hydrogen) atoms. The lowest BCUT2D eigenvalue weighted by molar-refractivity contribution is -0.136. The summed E-state index contributed by atoms with van der Waals surface area (Å²) < 4.78 is 10.5. The summed E-state index contributed by atoms with van der Waals surface area (Å²) in [5, 5.41) is 5.21. The van der Waals surface area contributed by atoms with Crippen molar-refractivity contribution in [3.63, 3.8) is 0 Å². The molecule has 0 aromatic heterocycles. The third-order valence-corrected chi connectivity index (χ3v) is 4.13. The second-order valence-electron chi connectivity index (χ2n) is 6.12. The Balaban J connectivity index is 1.49. The van der Waals surface area contributed by atoms with E-state index in [1.54, 1.807) is 12.1 Å². The maximum atomic E-state index is 12.0. The van der Waals surface area contributed by atoms with Gasteiger partial charge in [-0.1, -0.05) is 31.5 Å². The van der Waals surface area contributed by atoms with E-state index in [4.69, 9.17) is 9.47 Å². The predicted molar refractivity (Wildman–Crippen MR) is 98.1 cm³/mol. The number of carbonyl (C=O) groups is 2. The molecule has 0 fully saturated rings. The first-order chi connectivity index (χ1) is 12.7. The lowest BCUT2D eigenvalue weighted by Gasteiger charge is -2.08. The zero-order chi connectivity index (χ0) is 18.4. The van der Waals surface area contributed by atoms with Gasteiger partial charge in [0.2, 0.25) is 6.79 Å². The molecule has 2 aromatic rings. The molecule has 0 radical (unpaired) electrons. The summed E-state index contributed by atoms with van der Waals surface area (Å²) in [6, 6.07) is 13.0. The van der Waals surface area contributed by atoms with E-state index in [2.05, 4.69) is 17.6 Å². The Morgan fingerprint density at radius 1 is 0.962 bits per heavy atom. The molecule has 0 unspecified atom stereocenters. The lowest BCUT2D eigenvalue weighted by atomic mass is 10.1. The van der Waals surface area contributed by atoms with E-state index < -0.39 is 11.8 Å². The highest BCUT2D eigenvalue weighted by Crippen LogP contribution is 2.32. The van der Waals surface area contributed by atoms with E-state index in [1.807, 2.05) is 30.3 Å². The van der Waals surface area contributed by atoms with Gasteiger partial charge in [0.05, 0.1) is 0 Å². The Morgan fingerprint density at radius 3 is 2.46 bits per heavy atom. The van der Waals surface area contributed by atoms with E-state index in [1.165, 1.54) is 5.56 Å². The zero-order valence-corrected chi connectivity index (χ0v) is 14.7. The number of carbonyl (C=O) groups excluding carboxylic acids is 2. The van der Waals surface area contributed by atoms with E-state index >= 15 is 0 Å². The van der Waals surface area contributed by atoms with Crippen molar-refractivity contribution >= 4 is 17.5 Å². The molecule has 2 amide bonds. The number of amides is 2. The van der Waals surface area contributed by atoms with E-state index in [-0.39, 0.29) is 13.3 Å². The van der Waals surface area contributed by atoms with Gasteiger partial charge in [0.1, 0.15) is 0 Å². The monoisotopic (exact) mass is 354 g/mol. The Labute approximate surface area is 152 Å². The van der Waals surface area contributed by atoms with Gasteiger partial charge in [-0.2, -0.15) is 0 Å². The van der Waals surface area contributed by atoms with Crippen molar-refractivity contribution in [2.75, 3.05) is 12.1 Å². The molecule has 1 heterocycles. The molecule has 0 spiro atoms. The number of fused-ring (bicyclic) bond motifs is 1. The van der Waals surface area contributed by atoms with Crippen LogP contribution in [0.2, 0.25) is 0 Å². The number of aryl methyl sites for hydroxylation is 1. The van der Waals surface area contributed by atoms with Crippen LogP contribution in [0.25, 0.3) is 0 Å². The number of nitrogens with one attached hydrogen (secondary N) is 2.